The summed E-state index contributed by atoms with van der Waals surface area (Å²) in [6.45, 7) is 2.43. The highest BCUT2D eigenvalue weighted by molar-refractivity contribution is 6.32. The molecule has 0 bridgehead atoms. The number of nitrogens with one attached hydrogen (secondary N) is 1. The number of nitrogens with zero attached hydrogens (tertiary/aromatic N) is 3. The number of hydrogen-bond acceptors (Lipinski definition) is 4. The van der Waals surface area contributed by atoms with E-state index in [2.05, 4.69) is 15.4 Å². The van der Waals surface area contributed by atoms with E-state index in [0.717, 1.165) is 0 Å². The number of aromatic nitrogens is 3. The number of pyridine rings is 1. The van der Waals surface area contributed by atoms with Gasteiger partial charge in [0, 0.05) is 24.0 Å². The Hall–Kier alpha value is -2.86. The summed E-state index contributed by atoms with van der Waals surface area (Å²) in [7, 11) is 0. The van der Waals surface area contributed by atoms with E-state index in [1.54, 1.807) is 54.9 Å². The number of halogens is 1. The van der Waals surface area contributed by atoms with Crippen molar-refractivity contribution in [2.75, 3.05) is 11.9 Å². The molecule has 0 aliphatic rings. The van der Waals surface area contributed by atoms with Crippen LogP contribution in [0, 0.1) is 0 Å². The third kappa shape index (κ3) is 3.55. The van der Waals surface area contributed by atoms with Gasteiger partial charge in [0.15, 0.2) is 11.6 Å². The first-order valence-corrected chi connectivity index (χ1v) is 7.76. The summed E-state index contributed by atoms with van der Waals surface area (Å²) >= 11 is 6.09. The summed E-state index contributed by atoms with van der Waals surface area (Å²) in [6.07, 6.45) is 3.31. The number of carbonyl (C=O) groups is 1. The number of anilines is 1. The van der Waals surface area contributed by atoms with Gasteiger partial charge < -0.3 is 10.1 Å². The molecule has 0 saturated carbocycles. The number of ether oxygens (including phenoxy) is 1. The lowest BCUT2D eigenvalue weighted by molar-refractivity contribution is 0.102. The van der Waals surface area contributed by atoms with Crippen molar-refractivity contribution in [3.8, 4) is 11.6 Å². The first-order chi connectivity index (χ1) is 11.7. The lowest BCUT2D eigenvalue weighted by Crippen LogP contribution is -2.13. The van der Waals surface area contributed by atoms with E-state index in [4.69, 9.17) is 16.3 Å². The zero-order valence-electron chi connectivity index (χ0n) is 12.9. The maximum atomic E-state index is 12.3. The van der Waals surface area contributed by atoms with Crippen molar-refractivity contribution in [2.45, 2.75) is 6.92 Å². The Labute approximate surface area is 144 Å². The van der Waals surface area contributed by atoms with Crippen LogP contribution in [0.2, 0.25) is 5.02 Å². The van der Waals surface area contributed by atoms with E-state index >= 15 is 0 Å². The van der Waals surface area contributed by atoms with Crippen molar-refractivity contribution >= 4 is 23.3 Å². The summed E-state index contributed by atoms with van der Waals surface area (Å²) in [4.78, 5) is 16.5. The Morgan fingerprint density at radius 1 is 1.29 bits per heavy atom. The molecule has 0 fully saturated rings. The number of benzene rings is 1. The minimum absolute atomic E-state index is 0.270. The number of hydrogen-bond donors (Lipinski definition) is 1. The standard InChI is InChI=1S/C17H15ClN4O2/c1-2-24-13-6-3-5-12(11-13)17(23)20-15-8-10-22(21-15)16-14(18)7-4-9-19-16/h3-11H,2H2,1H3,(H,20,21,23). The van der Waals surface area contributed by atoms with Crippen molar-refractivity contribution in [1.29, 1.82) is 0 Å². The normalized spacial score (nSPS) is 10.4. The fourth-order valence-corrected chi connectivity index (χ4v) is 2.34. The van der Waals surface area contributed by atoms with E-state index in [0.29, 0.717) is 34.6 Å². The molecule has 3 rings (SSSR count). The minimum atomic E-state index is -0.270. The van der Waals surface area contributed by atoms with Crippen LogP contribution in [0.25, 0.3) is 5.82 Å². The number of amides is 1. The molecule has 7 heteroatoms. The lowest BCUT2D eigenvalue weighted by Gasteiger charge is -2.06. The number of rotatable bonds is 5. The minimum Gasteiger partial charge on any atom is -0.494 e. The van der Waals surface area contributed by atoms with Crippen molar-refractivity contribution < 1.29 is 9.53 Å². The average Bonchev–Trinajstić information content (AvgIpc) is 3.04. The highest BCUT2D eigenvalue weighted by atomic mass is 35.5. The zero-order chi connectivity index (χ0) is 16.9. The van der Waals surface area contributed by atoms with E-state index in [9.17, 15) is 4.79 Å². The van der Waals surface area contributed by atoms with Crippen LogP contribution < -0.4 is 10.1 Å². The summed E-state index contributed by atoms with van der Waals surface area (Å²) in [5.41, 5.74) is 0.492. The maximum absolute atomic E-state index is 12.3. The third-order valence-corrected chi connectivity index (χ3v) is 3.49. The average molecular weight is 343 g/mol. The molecule has 3 aromatic rings. The van der Waals surface area contributed by atoms with Gasteiger partial charge in [0.1, 0.15) is 5.75 Å². The lowest BCUT2D eigenvalue weighted by atomic mass is 10.2. The molecule has 0 radical (unpaired) electrons. The van der Waals surface area contributed by atoms with Gasteiger partial charge >= 0.3 is 0 Å². The van der Waals surface area contributed by atoms with Crippen LogP contribution in [-0.2, 0) is 0 Å². The van der Waals surface area contributed by atoms with Crippen LogP contribution in [0.15, 0.2) is 54.9 Å². The van der Waals surface area contributed by atoms with Gasteiger partial charge in [-0.3, -0.25) is 4.79 Å². The van der Waals surface area contributed by atoms with Gasteiger partial charge in [-0.05, 0) is 37.3 Å². The molecule has 1 amide bonds. The molecule has 122 valence electrons. The van der Waals surface area contributed by atoms with Crippen LogP contribution in [0.3, 0.4) is 0 Å². The van der Waals surface area contributed by atoms with Crippen LogP contribution >= 0.6 is 11.6 Å². The van der Waals surface area contributed by atoms with Gasteiger partial charge in [-0.15, -0.1) is 5.10 Å². The molecule has 2 aromatic heterocycles. The summed E-state index contributed by atoms with van der Waals surface area (Å²) in [5.74, 6) is 1.28. The third-order valence-electron chi connectivity index (χ3n) is 3.19. The van der Waals surface area contributed by atoms with Crippen molar-refractivity contribution in [3.63, 3.8) is 0 Å². The van der Waals surface area contributed by atoms with Crippen molar-refractivity contribution in [3.05, 3.63) is 65.4 Å². The molecule has 0 aliphatic carbocycles. The molecule has 0 saturated heterocycles. The Kier molecular flexibility index (Phi) is 4.77. The Morgan fingerprint density at radius 3 is 2.96 bits per heavy atom. The zero-order valence-corrected chi connectivity index (χ0v) is 13.7. The largest absolute Gasteiger partial charge is 0.494 e. The van der Waals surface area contributed by atoms with Crippen molar-refractivity contribution in [2.24, 2.45) is 0 Å². The van der Waals surface area contributed by atoms with Gasteiger partial charge in [-0.1, -0.05) is 17.7 Å². The predicted octanol–water partition coefficient (Wildman–Crippen LogP) is 3.57. The molecule has 0 unspecified atom stereocenters. The molecule has 0 aliphatic heterocycles. The molecule has 1 aromatic carbocycles. The van der Waals surface area contributed by atoms with Crippen LogP contribution in [0.5, 0.6) is 5.75 Å². The monoisotopic (exact) mass is 342 g/mol. The molecule has 0 atom stereocenters. The van der Waals surface area contributed by atoms with Gasteiger partial charge in [-0.2, -0.15) is 0 Å². The summed E-state index contributed by atoms with van der Waals surface area (Å²) in [6, 6.07) is 12.1. The summed E-state index contributed by atoms with van der Waals surface area (Å²) in [5, 5.41) is 7.49. The Morgan fingerprint density at radius 2 is 2.17 bits per heavy atom. The maximum Gasteiger partial charge on any atom is 0.256 e. The van der Waals surface area contributed by atoms with Gasteiger partial charge in [0.25, 0.3) is 5.91 Å². The molecule has 0 spiro atoms. The second kappa shape index (κ2) is 7.14. The van der Waals surface area contributed by atoms with E-state index in [1.165, 1.54) is 4.68 Å². The van der Waals surface area contributed by atoms with E-state index < -0.39 is 0 Å². The second-order valence-electron chi connectivity index (χ2n) is 4.87. The predicted molar refractivity (Wildman–Crippen MR) is 91.9 cm³/mol. The van der Waals surface area contributed by atoms with Crippen LogP contribution in [-0.4, -0.2) is 27.3 Å². The topological polar surface area (TPSA) is 69.0 Å². The second-order valence-corrected chi connectivity index (χ2v) is 5.28. The summed E-state index contributed by atoms with van der Waals surface area (Å²) < 4.78 is 6.91. The first-order valence-electron chi connectivity index (χ1n) is 7.38. The van der Waals surface area contributed by atoms with Crippen LogP contribution in [0.4, 0.5) is 5.82 Å². The Balaban J connectivity index is 1.76. The van der Waals surface area contributed by atoms with Gasteiger partial charge in [0.05, 0.1) is 11.6 Å². The fourth-order valence-electron chi connectivity index (χ4n) is 2.14. The molecule has 2 heterocycles. The van der Waals surface area contributed by atoms with E-state index in [1.807, 2.05) is 6.92 Å². The molecule has 1 N–H and O–H groups in total. The SMILES string of the molecule is CCOc1cccc(C(=O)Nc2ccn(-c3ncccc3Cl)n2)c1. The highest BCUT2D eigenvalue weighted by Gasteiger charge is 2.11. The van der Waals surface area contributed by atoms with Crippen molar-refractivity contribution in [1.82, 2.24) is 14.8 Å². The highest BCUT2D eigenvalue weighted by Crippen LogP contribution is 2.18. The van der Waals surface area contributed by atoms with Crippen LogP contribution in [0.1, 0.15) is 17.3 Å². The van der Waals surface area contributed by atoms with E-state index in [-0.39, 0.29) is 5.91 Å². The quantitative estimate of drug-likeness (QED) is 0.769. The smallest absolute Gasteiger partial charge is 0.256 e. The first kappa shape index (κ1) is 16.0. The Bertz CT molecular complexity index is 863. The fraction of sp³-hybridized carbons (Fsp3) is 0.118. The molecule has 24 heavy (non-hydrogen) atoms. The molecule has 6 nitrogen and oxygen atoms in total. The molecular formula is C17H15ClN4O2. The van der Waals surface area contributed by atoms with Gasteiger partial charge in [0.2, 0.25) is 0 Å². The molecular weight excluding hydrogens is 328 g/mol. The van der Waals surface area contributed by atoms with Gasteiger partial charge in [-0.25, -0.2) is 9.67 Å². The number of carbonyl (C=O) groups excluding carboxylic acids is 1.